The van der Waals surface area contributed by atoms with Crippen molar-refractivity contribution in [1.29, 1.82) is 0 Å². The van der Waals surface area contributed by atoms with Crippen LogP contribution in [0.3, 0.4) is 0 Å². The first-order valence-electron chi connectivity index (χ1n) is 7.52. The van der Waals surface area contributed by atoms with Crippen molar-refractivity contribution in [1.82, 2.24) is 0 Å². The molecule has 0 saturated heterocycles. The molecule has 1 aliphatic rings. The summed E-state index contributed by atoms with van der Waals surface area (Å²) in [5.41, 5.74) is -1.65. The average Bonchev–Trinajstić information content (AvgIpc) is 2.79. The van der Waals surface area contributed by atoms with E-state index in [1.54, 1.807) is 12.3 Å². The van der Waals surface area contributed by atoms with Crippen LogP contribution < -0.4 is 0 Å². The molecule has 0 amide bonds. The molecule has 0 saturated carbocycles. The van der Waals surface area contributed by atoms with Gasteiger partial charge in [0.2, 0.25) is 5.78 Å². The summed E-state index contributed by atoms with van der Waals surface area (Å²) >= 11 is 1.36. The topological polar surface area (TPSA) is 26.3 Å². The summed E-state index contributed by atoms with van der Waals surface area (Å²) in [5, 5.41) is 0. The molecule has 1 aliphatic heterocycles. The fourth-order valence-corrected chi connectivity index (χ4v) is 3.11. The van der Waals surface area contributed by atoms with E-state index in [0.29, 0.717) is 4.90 Å². The van der Waals surface area contributed by atoms with Gasteiger partial charge in [-0.15, -0.1) is 11.8 Å². The van der Waals surface area contributed by atoms with Crippen molar-refractivity contribution in [3.8, 4) is 0 Å². The average molecular weight is 364 g/mol. The molecule has 130 valence electrons. The number of halogens is 3. The van der Waals surface area contributed by atoms with Crippen molar-refractivity contribution in [3.05, 3.63) is 65.0 Å². The van der Waals surface area contributed by atoms with Crippen molar-refractivity contribution < 1.29 is 22.7 Å². The van der Waals surface area contributed by atoms with Gasteiger partial charge in [0, 0.05) is 10.5 Å². The minimum atomic E-state index is -1.30. The number of thioether (sulfide) groups is 1. The molecule has 0 fully saturated rings. The standard InChI is InChI=1S/C19H15F3O2S/c1-19(2)18(23)16(13-8-10(20)4-7-14(13)21)17(24-19)12-6-5-11(25-3)9-15(12)22/h4-9H,1-3H3. The molecule has 25 heavy (non-hydrogen) atoms. The summed E-state index contributed by atoms with van der Waals surface area (Å²) in [7, 11) is 0. The fourth-order valence-electron chi connectivity index (χ4n) is 2.69. The smallest absolute Gasteiger partial charge is 0.210 e. The second-order valence-electron chi connectivity index (χ2n) is 6.12. The van der Waals surface area contributed by atoms with Gasteiger partial charge in [0.25, 0.3) is 0 Å². The number of hydrogen-bond donors (Lipinski definition) is 0. The van der Waals surface area contributed by atoms with Gasteiger partial charge in [0.1, 0.15) is 23.2 Å². The second kappa shape index (κ2) is 6.26. The maximum atomic E-state index is 14.5. The van der Waals surface area contributed by atoms with Gasteiger partial charge in [0.15, 0.2) is 5.60 Å². The number of ketones is 1. The molecule has 2 nitrogen and oxygen atoms in total. The molecule has 0 N–H and O–H groups in total. The molecule has 1 heterocycles. The van der Waals surface area contributed by atoms with Crippen molar-refractivity contribution in [2.75, 3.05) is 6.26 Å². The summed E-state index contributed by atoms with van der Waals surface area (Å²) in [6.45, 7) is 3.02. The highest BCUT2D eigenvalue weighted by Crippen LogP contribution is 2.43. The molecule has 3 rings (SSSR count). The lowest BCUT2D eigenvalue weighted by Gasteiger charge is -2.18. The van der Waals surface area contributed by atoms with Gasteiger partial charge in [-0.05, 0) is 56.5 Å². The summed E-state index contributed by atoms with van der Waals surface area (Å²) in [6, 6.07) is 7.27. The summed E-state index contributed by atoms with van der Waals surface area (Å²) in [6.07, 6.45) is 1.81. The third-order valence-corrected chi connectivity index (χ3v) is 4.70. The van der Waals surface area contributed by atoms with Crippen LogP contribution in [0, 0.1) is 17.5 Å². The van der Waals surface area contributed by atoms with E-state index >= 15 is 0 Å². The van der Waals surface area contributed by atoms with Crippen molar-refractivity contribution in [2.24, 2.45) is 0 Å². The Kier molecular flexibility index (Phi) is 4.41. The molecule has 0 spiro atoms. The molecule has 0 aromatic heterocycles. The van der Waals surface area contributed by atoms with Crippen LogP contribution in [-0.4, -0.2) is 17.6 Å². The second-order valence-corrected chi connectivity index (χ2v) is 7.00. The van der Waals surface area contributed by atoms with E-state index < -0.39 is 28.8 Å². The first kappa shape index (κ1) is 17.6. The number of Topliss-reactive ketones (excluding diaryl/α,β-unsaturated/α-hetero) is 1. The number of carbonyl (C=O) groups excluding carboxylic acids is 1. The maximum Gasteiger partial charge on any atom is 0.210 e. The van der Waals surface area contributed by atoms with Crippen molar-refractivity contribution in [2.45, 2.75) is 24.3 Å². The lowest BCUT2D eigenvalue weighted by molar-refractivity contribution is -0.125. The van der Waals surface area contributed by atoms with Gasteiger partial charge < -0.3 is 4.74 Å². The molecule has 6 heteroatoms. The monoisotopic (exact) mass is 364 g/mol. The Morgan fingerprint density at radius 3 is 2.32 bits per heavy atom. The van der Waals surface area contributed by atoms with Crippen LogP contribution in [0.15, 0.2) is 41.3 Å². The zero-order chi connectivity index (χ0) is 18.4. The van der Waals surface area contributed by atoms with E-state index in [0.717, 1.165) is 18.2 Å². The lowest BCUT2D eigenvalue weighted by atomic mass is 9.92. The highest BCUT2D eigenvalue weighted by molar-refractivity contribution is 7.98. The first-order chi connectivity index (χ1) is 11.7. The Morgan fingerprint density at radius 1 is 0.960 bits per heavy atom. The number of rotatable bonds is 3. The van der Waals surface area contributed by atoms with Crippen LogP contribution in [-0.2, 0) is 9.53 Å². The predicted octanol–water partition coefficient (Wildman–Crippen LogP) is 5.07. The van der Waals surface area contributed by atoms with Gasteiger partial charge in [0.05, 0.1) is 11.1 Å². The Balaban J connectivity index is 2.27. The largest absolute Gasteiger partial charge is 0.478 e. The van der Waals surface area contributed by atoms with E-state index in [1.165, 1.54) is 37.7 Å². The zero-order valence-corrected chi connectivity index (χ0v) is 14.6. The molecular formula is C19H15F3O2S. The van der Waals surface area contributed by atoms with Crippen molar-refractivity contribution >= 4 is 28.9 Å². The van der Waals surface area contributed by atoms with Gasteiger partial charge in [-0.25, -0.2) is 13.2 Å². The van der Waals surface area contributed by atoms with E-state index in [2.05, 4.69) is 0 Å². The zero-order valence-electron chi connectivity index (χ0n) is 13.8. The number of hydrogen-bond acceptors (Lipinski definition) is 3. The van der Waals surface area contributed by atoms with E-state index in [4.69, 9.17) is 4.74 Å². The lowest BCUT2D eigenvalue weighted by Crippen LogP contribution is -2.29. The van der Waals surface area contributed by atoms with Crippen LogP contribution in [0.4, 0.5) is 13.2 Å². The van der Waals surface area contributed by atoms with Crippen LogP contribution in [0.25, 0.3) is 11.3 Å². The third-order valence-electron chi connectivity index (χ3n) is 3.98. The molecule has 2 aromatic rings. The predicted molar refractivity (Wildman–Crippen MR) is 91.5 cm³/mol. The summed E-state index contributed by atoms with van der Waals surface area (Å²) in [4.78, 5) is 13.4. The van der Waals surface area contributed by atoms with E-state index in [9.17, 15) is 18.0 Å². The quantitative estimate of drug-likeness (QED) is 0.711. The number of benzene rings is 2. The highest BCUT2D eigenvalue weighted by atomic mass is 32.2. The van der Waals surface area contributed by atoms with Gasteiger partial charge in [-0.3, -0.25) is 4.79 Å². The minimum Gasteiger partial charge on any atom is -0.478 e. The van der Waals surface area contributed by atoms with Crippen LogP contribution in [0.1, 0.15) is 25.0 Å². The third kappa shape index (κ3) is 3.06. The van der Waals surface area contributed by atoms with E-state index in [1.807, 2.05) is 0 Å². The first-order valence-corrected chi connectivity index (χ1v) is 8.74. The molecule has 0 atom stereocenters. The molecular weight excluding hydrogens is 349 g/mol. The van der Waals surface area contributed by atoms with Crippen LogP contribution in [0.2, 0.25) is 0 Å². The van der Waals surface area contributed by atoms with Gasteiger partial charge in [-0.2, -0.15) is 0 Å². The van der Waals surface area contributed by atoms with Gasteiger partial charge >= 0.3 is 0 Å². The highest BCUT2D eigenvalue weighted by Gasteiger charge is 2.44. The minimum absolute atomic E-state index is 0.0374. The Morgan fingerprint density at radius 2 is 1.68 bits per heavy atom. The molecule has 0 bridgehead atoms. The maximum absolute atomic E-state index is 14.5. The number of carbonyl (C=O) groups is 1. The molecule has 0 unspecified atom stereocenters. The Hall–Kier alpha value is -2.21. The van der Waals surface area contributed by atoms with Crippen LogP contribution >= 0.6 is 11.8 Å². The Labute approximate surface area is 147 Å². The molecule has 2 aromatic carbocycles. The molecule has 0 aliphatic carbocycles. The summed E-state index contributed by atoms with van der Waals surface area (Å²) in [5.74, 6) is -2.67. The molecule has 0 radical (unpaired) electrons. The van der Waals surface area contributed by atoms with Crippen LogP contribution in [0.5, 0.6) is 0 Å². The normalized spacial score (nSPS) is 16.3. The van der Waals surface area contributed by atoms with E-state index in [-0.39, 0.29) is 22.5 Å². The fraction of sp³-hybridized carbons (Fsp3) is 0.211. The van der Waals surface area contributed by atoms with Crippen molar-refractivity contribution in [3.63, 3.8) is 0 Å². The van der Waals surface area contributed by atoms with Gasteiger partial charge in [-0.1, -0.05) is 0 Å². The Bertz CT molecular complexity index is 904. The summed E-state index contributed by atoms with van der Waals surface area (Å²) < 4.78 is 48.0. The SMILES string of the molecule is CSc1ccc(C2=C(c3cc(F)ccc3F)C(=O)C(C)(C)O2)c(F)c1. The number of ether oxygens (including phenoxy) is 1.